The molecule has 0 saturated carbocycles. The van der Waals surface area contributed by atoms with Gasteiger partial charge >= 0.3 is 5.97 Å². The highest BCUT2D eigenvalue weighted by Gasteiger charge is 2.37. The first kappa shape index (κ1) is 16.2. The molecule has 1 aromatic heterocycles. The number of nitrogens with one attached hydrogen (secondary N) is 1. The number of hydrogen-bond donors (Lipinski definition) is 1. The van der Waals surface area contributed by atoms with Crippen molar-refractivity contribution in [3.05, 3.63) is 22.6 Å². The molecule has 2 heterocycles. The Morgan fingerprint density at radius 3 is 2.86 bits per heavy atom. The van der Waals surface area contributed by atoms with Crippen molar-refractivity contribution in [3.63, 3.8) is 0 Å². The summed E-state index contributed by atoms with van der Waals surface area (Å²) < 4.78 is 4.69. The van der Waals surface area contributed by atoms with Crippen LogP contribution in [0.25, 0.3) is 0 Å². The van der Waals surface area contributed by atoms with E-state index in [9.17, 15) is 19.2 Å². The van der Waals surface area contributed by atoms with Crippen LogP contribution in [0.3, 0.4) is 0 Å². The molecular formula is C12H11N3O5S2. The van der Waals surface area contributed by atoms with Crippen molar-refractivity contribution < 1.29 is 23.9 Å². The molecule has 1 fully saturated rings. The number of carbonyl (C=O) groups excluding carboxylic acids is 4. The lowest BCUT2D eigenvalue weighted by Crippen LogP contribution is -2.34. The van der Waals surface area contributed by atoms with Gasteiger partial charge in [0.05, 0.1) is 11.5 Å². The Bertz CT molecular complexity index is 641. The highest BCUT2D eigenvalue weighted by molar-refractivity contribution is 8.18. The molecule has 0 aromatic carbocycles. The minimum Gasteiger partial charge on any atom is -0.465 e. The number of hydrogen-bond acceptors (Lipinski definition) is 8. The largest absolute Gasteiger partial charge is 0.465 e. The summed E-state index contributed by atoms with van der Waals surface area (Å²) in [6.45, 7) is 1.31. The van der Waals surface area contributed by atoms with E-state index in [2.05, 4.69) is 15.0 Å². The van der Waals surface area contributed by atoms with Gasteiger partial charge in [0.1, 0.15) is 6.54 Å². The van der Waals surface area contributed by atoms with Crippen molar-refractivity contribution in [1.29, 1.82) is 0 Å². The van der Waals surface area contributed by atoms with E-state index in [4.69, 9.17) is 0 Å². The second-order valence-corrected chi connectivity index (χ2v) is 5.79. The van der Waals surface area contributed by atoms with Gasteiger partial charge in [0.15, 0.2) is 5.13 Å². The van der Waals surface area contributed by atoms with Gasteiger partial charge < -0.3 is 4.74 Å². The van der Waals surface area contributed by atoms with Crippen molar-refractivity contribution in [1.82, 2.24) is 9.88 Å². The zero-order chi connectivity index (χ0) is 16.1. The molecule has 2 rings (SSSR count). The molecule has 1 N–H and O–H groups in total. The van der Waals surface area contributed by atoms with Gasteiger partial charge in [0.25, 0.3) is 17.1 Å². The van der Waals surface area contributed by atoms with Gasteiger partial charge in [-0.2, -0.15) is 0 Å². The number of amides is 3. The fourth-order valence-corrected chi connectivity index (χ4v) is 2.86. The summed E-state index contributed by atoms with van der Waals surface area (Å²) in [5.74, 6) is -1.95. The van der Waals surface area contributed by atoms with Crippen molar-refractivity contribution >= 4 is 51.3 Å². The van der Waals surface area contributed by atoms with E-state index in [0.29, 0.717) is 16.9 Å². The molecule has 0 aliphatic carbocycles. The fraction of sp³-hybridized carbons (Fsp3) is 0.250. The Morgan fingerprint density at radius 2 is 2.23 bits per heavy atom. The molecule has 116 valence electrons. The molecule has 1 aliphatic rings. The predicted octanol–water partition coefficient (Wildman–Crippen LogP) is 1.22. The Morgan fingerprint density at radius 1 is 1.45 bits per heavy atom. The highest BCUT2D eigenvalue weighted by atomic mass is 32.2. The summed E-state index contributed by atoms with van der Waals surface area (Å²) in [4.78, 5) is 51.4. The zero-order valence-electron chi connectivity index (χ0n) is 11.4. The van der Waals surface area contributed by atoms with Gasteiger partial charge in [-0.05, 0) is 18.7 Å². The molecule has 1 aromatic rings. The maximum absolute atomic E-state index is 12.0. The summed E-state index contributed by atoms with van der Waals surface area (Å²) in [7, 11) is 0. The fourth-order valence-electron chi connectivity index (χ4n) is 1.52. The first-order valence-corrected chi connectivity index (χ1v) is 7.82. The van der Waals surface area contributed by atoms with Crippen LogP contribution in [0, 0.1) is 0 Å². The standard InChI is InChI=1S/C12H11N3O5S2/c1-2-20-9(17)6-15-10(18)7(22-12(15)19)5-8(16)14-11-13-3-4-21-11/h3-5H,2,6H2,1H3,(H,13,14,16). The van der Waals surface area contributed by atoms with Gasteiger partial charge in [-0.1, -0.05) is 0 Å². The van der Waals surface area contributed by atoms with Crippen LogP contribution in [0.5, 0.6) is 0 Å². The number of ether oxygens (including phenoxy) is 1. The first-order valence-electron chi connectivity index (χ1n) is 6.12. The molecule has 0 unspecified atom stereocenters. The van der Waals surface area contributed by atoms with Crippen LogP contribution in [-0.4, -0.2) is 46.1 Å². The van der Waals surface area contributed by atoms with Crippen LogP contribution < -0.4 is 5.32 Å². The maximum Gasteiger partial charge on any atom is 0.326 e. The molecule has 1 saturated heterocycles. The lowest BCUT2D eigenvalue weighted by atomic mass is 10.4. The highest BCUT2D eigenvalue weighted by Crippen LogP contribution is 2.30. The second kappa shape index (κ2) is 7.18. The van der Waals surface area contributed by atoms with Crippen LogP contribution in [0.15, 0.2) is 22.6 Å². The maximum atomic E-state index is 12.0. The predicted molar refractivity (Wildman–Crippen MR) is 80.2 cm³/mol. The molecule has 0 bridgehead atoms. The molecule has 22 heavy (non-hydrogen) atoms. The summed E-state index contributed by atoms with van der Waals surface area (Å²) in [6.07, 6.45) is 2.53. The summed E-state index contributed by atoms with van der Waals surface area (Å²) >= 11 is 1.82. The third-order valence-electron chi connectivity index (χ3n) is 2.39. The molecule has 1 aliphatic heterocycles. The second-order valence-electron chi connectivity index (χ2n) is 3.90. The zero-order valence-corrected chi connectivity index (χ0v) is 13.0. The molecule has 8 nitrogen and oxygen atoms in total. The number of imide groups is 1. The smallest absolute Gasteiger partial charge is 0.326 e. The van der Waals surface area contributed by atoms with E-state index in [1.807, 2.05) is 0 Å². The summed E-state index contributed by atoms with van der Waals surface area (Å²) in [5, 5.41) is 3.91. The molecule has 3 amide bonds. The van der Waals surface area contributed by atoms with Crippen LogP contribution in [0.1, 0.15) is 6.92 Å². The lowest BCUT2D eigenvalue weighted by Gasteiger charge is -2.10. The molecule has 0 spiro atoms. The molecule has 0 atom stereocenters. The quantitative estimate of drug-likeness (QED) is 0.634. The normalized spacial score (nSPS) is 16.2. The third kappa shape index (κ3) is 3.92. The average molecular weight is 341 g/mol. The van der Waals surface area contributed by atoms with Crippen LogP contribution in [0.4, 0.5) is 9.93 Å². The topological polar surface area (TPSA) is 106 Å². The molecule has 0 radical (unpaired) electrons. The SMILES string of the molecule is CCOC(=O)CN1C(=O)SC(=CC(=O)Nc2nccs2)C1=O. The number of carbonyl (C=O) groups is 4. The van der Waals surface area contributed by atoms with Crippen molar-refractivity contribution in [2.24, 2.45) is 0 Å². The third-order valence-corrected chi connectivity index (χ3v) is 3.99. The Balaban J connectivity index is 2.02. The number of aromatic nitrogens is 1. The Labute approximate surface area is 133 Å². The van der Waals surface area contributed by atoms with Gasteiger partial charge in [-0.3, -0.25) is 29.4 Å². The van der Waals surface area contributed by atoms with E-state index in [1.165, 1.54) is 17.5 Å². The number of nitrogens with zero attached hydrogens (tertiary/aromatic N) is 2. The Hall–Kier alpha value is -2.20. The number of esters is 1. The minimum atomic E-state index is -0.697. The molecular weight excluding hydrogens is 330 g/mol. The van der Waals surface area contributed by atoms with Gasteiger partial charge in [-0.25, -0.2) is 4.98 Å². The van der Waals surface area contributed by atoms with Gasteiger partial charge in [0, 0.05) is 17.7 Å². The van der Waals surface area contributed by atoms with Crippen LogP contribution in [0.2, 0.25) is 0 Å². The van der Waals surface area contributed by atoms with E-state index in [1.54, 1.807) is 12.3 Å². The van der Waals surface area contributed by atoms with Crippen LogP contribution in [-0.2, 0) is 19.1 Å². The van der Waals surface area contributed by atoms with Crippen molar-refractivity contribution in [3.8, 4) is 0 Å². The van der Waals surface area contributed by atoms with Crippen molar-refractivity contribution in [2.75, 3.05) is 18.5 Å². The van der Waals surface area contributed by atoms with Gasteiger partial charge in [0.2, 0.25) is 0 Å². The lowest BCUT2D eigenvalue weighted by molar-refractivity contribution is -0.146. The van der Waals surface area contributed by atoms with Crippen molar-refractivity contribution in [2.45, 2.75) is 6.92 Å². The first-order chi connectivity index (χ1) is 10.5. The van der Waals surface area contributed by atoms with Gasteiger partial charge in [-0.15, -0.1) is 11.3 Å². The monoisotopic (exact) mass is 341 g/mol. The number of anilines is 1. The Kier molecular flexibility index (Phi) is 5.28. The van der Waals surface area contributed by atoms with Crippen LogP contribution >= 0.6 is 23.1 Å². The van der Waals surface area contributed by atoms with E-state index in [0.717, 1.165) is 11.0 Å². The van der Waals surface area contributed by atoms with E-state index >= 15 is 0 Å². The van der Waals surface area contributed by atoms with E-state index < -0.39 is 29.6 Å². The summed E-state index contributed by atoms with van der Waals surface area (Å²) in [5.41, 5.74) is 0. The summed E-state index contributed by atoms with van der Waals surface area (Å²) in [6, 6.07) is 0. The molecule has 10 heteroatoms. The number of thiazole rings is 1. The number of thioether (sulfide) groups is 1. The number of rotatable bonds is 5. The van der Waals surface area contributed by atoms with E-state index in [-0.39, 0.29) is 11.5 Å². The average Bonchev–Trinajstić information content (AvgIpc) is 3.03. The minimum absolute atomic E-state index is 0.0524.